The predicted octanol–water partition coefficient (Wildman–Crippen LogP) is 7.05. The third-order valence-corrected chi connectivity index (χ3v) is 9.86. The summed E-state index contributed by atoms with van der Waals surface area (Å²) in [6.45, 7) is 3.72. The number of rotatable bonds is 14. The van der Waals surface area contributed by atoms with Gasteiger partial charge in [-0.15, -0.1) is 0 Å². The SMILES string of the molecule is CCCCNC(=O)C(Cc1ccccc1)N(Cc1ccccc1Cl)C(=O)CN(c1ccccc1C)S(=O)(=O)c1ccc(Cl)cc1. The Morgan fingerprint density at radius 3 is 2.16 bits per heavy atom. The van der Waals surface area contributed by atoms with Crippen LogP contribution in [-0.2, 0) is 32.6 Å². The molecular weight excluding hydrogens is 629 g/mol. The first-order chi connectivity index (χ1) is 21.6. The average molecular weight is 667 g/mol. The molecule has 0 heterocycles. The van der Waals surface area contributed by atoms with Gasteiger partial charge < -0.3 is 10.2 Å². The van der Waals surface area contributed by atoms with Gasteiger partial charge in [0.05, 0.1) is 10.6 Å². The van der Waals surface area contributed by atoms with E-state index in [1.807, 2.05) is 43.3 Å². The molecule has 1 atom stereocenters. The van der Waals surface area contributed by atoms with Gasteiger partial charge in [0.15, 0.2) is 0 Å². The molecule has 0 aliphatic rings. The van der Waals surface area contributed by atoms with E-state index in [0.29, 0.717) is 33.4 Å². The predicted molar refractivity (Wildman–Crippen MR) is 181 cm³/mol. The van der Waals surface area contributed by atoms with Crippen molar-refractivity contribution in [2.75, 3.05) is 17.4 Å². The highest BCUT2D eigenvalue weighted by atomic mass is 35.5. The van der Waals surface area contributed by atoms with Gasteiger partial charge in [-0.3, -0.25) is 13.9 Å². The zero-order valence-electron chi connectivity index (χ0n) is 25.3. The maximum atomic E-state index is 14.5. The first-order valence-electron chi connectivity index (χ1n) is 14.8. The van der Waals surface area contributed by atoms with E-state index in [2.05, 4.69) is 5.32 Å². The number of benzene rings is 4. The van der Waals surface area contributed by atoms with Crippen molar-refractivity contribution in [3.63, 3.8) is 0 Å². The second kappa shape index (κ2) is 15.9. The normalized spacial score (nSPS) is 11.9. The fourth-order valence-electron chi connectivity index (χ4n) is 4.96. The van der Waals surface area contributed by atoms with Crippen LogP contribution in [0.25, 0.3) is 0 Å². The molecule has 0 aromatic heterocycles. The summed E-state index contributed by atoms with van der Waals surface area (Å²) in [5.41, 5.74) is 2.51. The highest BCUT2D eigenvalue weighted by molar-refractivity contribution is 7.92. The maximum Gasteiger partial charge on any atom is 0.264 e. The highest BCUT2D eigenvalue weighted by Crippen LogP contribution is 2.29. The van der Waals surface area contributed by atoms with Crippen LogP contribution in [0.4, 0.5) is 5.69 Å². The van der Waals surface area contributed by atoms with Gasteiger partial charge in [-0.25, -0.2) is 8.42 Å². The lowest BCUT2D eigenvalue weighted by molar-refractivity contribution is -0.140. The zero-order valence-corrected chi connectivity index (χ0v) is 27.7. The Morgan fingerprint density at radius 2 is 1.49 bits per heavy atom. The number of hydrogen-bond acceptors (Lipinski definition) is 4. The molecule has 236 valence electrons. The van der Waals surface area contributed by atoms with Crippen molar-refractivity contribution in [3.8, 4) is 0 Å². The standard InChI is InChI=1S/C35H37Cl2N3O4S/c1-3-4-22-38-35(42)33(23-27-13-6-5-7-14-27)39(24-28-15-9-10-16-31(28)37)34(41)25-40(32-17-11-8-12-26(32)2)45(43,44)30-20-18-29(36)19-21-30/h5-21,33H,3-4,22-25H2,1-2H3,(H,38,42). The smallest absolute Gasteiger partial charge is 0.264 e. The van der Waals surface area contributed by atoms with E-state index < -0.39 is 28.5 Å². The highest BCUT2D eigenvalue weighted by Gasteiger charge is 2.35. The molecule has 0 spiro atoms. The third-order valence-electron chi connectivity index (χ3n) is 7.46. The number of unbranched alkanes of at least 4 members (excludes halogenated alkanes) is 1. The van der Waals surface area contributed by atoms with E-state index in [4.69, 9.17) is 23.2 Å². The molecule has 4 rings (SSSR count). The van der Waals surface area contributed by atoms with Crippen molar-refractivity contribution < 1.29 is 18.0 Å². The summed E-state index contributed by atoms with van der Waals surface area (Å²) >= 11 is 12.6. The summed E-state index contributed by atoms with van der Waals surface area (Å²) in [5.74, 6) is -0.877. The third kappa shape index (κ3) is 8.87. The molecular formula is C35H37Cl2N3O4S. The monoisotopic (exact) mass is 665 g/mol. The summed E-state index contributed by atoms with van der Waals surface area (Å²) in [6, 6.07) is 28.4. The minimum absolute atomic E-state index is 0.000189. The number of amides is 2. The molecule has 0 aliphatic carbocycles. The van der Waals surface area contributed by atoms with E-state index in [-0.39, 0.29) is 23.8 Å². The quantitative estimate of drug-likeness (QED) is 0.146. The number of sulfonamides is 1. The van der Waals surface area contributed by atoms with Crippen LogP contribution in [0.2, 0.25) is 10.0 Å². The summed E-state index contributed by atoms with van der Waals surface area (Å²) in [6.07, 6.45) is 1.89. The Hall–Kier alpha value is -3.85. The maximum absolute atomic E-state index is 14.5. The summed E-state index contributed by atoms with van der Waals surface area (Å²) < 4.78 is 29.4. The second-order valence-electron chi connectivity index (χ2n) is 10.7. The fourth-order valence-corrected chi connectivity index (χ4v) is 6.76. The summed E-state index contributed by atoms with van der Waals surface area (Å²) in [4.78, 5) is 29.8. The minimum atomic E-state index is -4.22. The molecule has 1 N–H and O–H groups in total. The van der Waals surface area contributed by atoms with Gasteiger partial charge in [0.2, 0.25) is 11.8 Å². The van der Waals surface area contributed by atoms with Crippen LogP contribution in [0.1, 0.15) is 36.5 Å². The van der Waals surface area contributed by atoms with E-state index in [9.17, 15) is 18.0 Å². The van der Waals surface area contributed by atoms with Crippen LogP contribution in [0, 0.1) is 6.92 Å². The molecule has 4 aromatic rings. The van der Waals surface area contributed by atoms with Crippen molar-refractivity contribution in [1.82, 2.24) is 10.2 Å². The molecule has 0 aliphatic heterocycles. The van der Waals surface area contributed by atoms with E-state index in [1.165, 1.54) is 29.2 Å². The fraction of sp³-hybridized carbons (Fsp3) is 0.257. The molecule has 4 aromatic carbocycles. The Kier molecular flexibility index (Phi) is 12.0. The molecule has 0 radical (unpaired) electrons. The zero-order chi connectivity index (χ0) is 32.4. The van der Waals surface area contributed by atoms with Crippen molar-refractivity contribution >= 4 is 50.7 Å². The van der Waals surface area contributed by atoms with Crippen molar-refractivity contribution in [3.05, 3.63) is 130 Å². The summed E-state index contributed by atoms with van der Waals surface area (Å²) in [7, 11) is -4.22. The number of carbonyl (C=O) groups excluding carboxylic acids is 2. The van der Waals surface area contributed by atoms with Gasteiger partial charge >= 0.3 is 0 Å². The van der Waals surface area contributed by atoms with Crippen LogP contribution in [0.3, 0.4) is 0 Å². The molecule has 0 fully saturated rings. The first kappa shape index (κ1) is 34.0. The lowest BCUT2D eigenvalue weighted by Gasteiger charge is -2.34. The number of carbonyl (C=O) groups is 2. The van der Waals surface area contributed by atoms with Gasteiger partial charge in [-0.05, 0) is 66.4 Å². The Morgan fingerprint density at radius 1 is 0.844 bits per heavy atom. The van der Waals surface area contributed by atoms with Crippen LogP contribution in [0.15, 0.2) is 108 Å². The van der Waals surface area contributed by atoms with E-state index in [0.717, 1.165) is 22.7 Å². The minimum Gasteiger partial charge on any atom is -0.354 e. The van der Waals surface area contributed by atoms with Crippen LogP contribution >= 0.6 is 23.2 Å². The number of aryl methyl sites for hydroxylation is 1. The Balaban J connectivity index is 1.80. The molecule has 7 nitrogen and oxygen atoms in total. The second-order valence-corrected chi connectivity index (χ2v) is 13.4. The number of nitrogens with one attached hydrogen (secondary N) is 1. The largest absolute Gasteiger partial charge is 0.354 e. The molecule has 1 unspecified atom stereocenters. The van der Waals surface area contributed by atoms with Gasteiger partial charge in [0, 0.05) is 29.6 Å². The molecule has 2 amide bonds. The number of halogens is 2. The van der Waals surface area contributed by atoms with Crippen molar-refractivity contribution in [1.29, 1.82) is 0 Å². The van der Waals surface area contributed by atoms with Gasteiger partial charge in [-0.1, -0.05) is 103 Å². The lowest BCUT2D eigenvalue weighted by Crippen LogP contribution is -2.53. The van der Waals surface area contributed by atoms with Crippen LogP contribution in [0.5, 0.6) is 0 Å². The summed E-state index contributed by atoms with van der Waals surface area (Å²) in [5, 5.41) is 3.81. The van der Waals surface area contributed by atoms with Crippen LogP contribution in [-0.4, -0.2) is 44.3 Å². The number of hydrogen-bond donors (Lipinski definition) is 1. The lowest BCUT2D eigenvalue weighted by atomic mass is 10.0. The Labute approximate surface area is 275 Å². The van der Waals surface area contributed by atoms with E-state index >= 15 is 0 Å². The average Bonchev–Trinajstić information content (AvgIpc) is 3.03. The first-order valence-corrected chi connectivity index (χ1v) is 17.0. The number of anilines is 1. The molecule has 0 saturated heterocycles. The molecule has 10 heteroatoms. The van der Waals surface area contributed by atoms with E-state index in [1.54, 1.807) is 49.4 Å². The number of para-hydroxylation sites is 1. The van der Waals surface area contributed by atoms with Gasteiger partial charge in [0.1, 0.15) is 12.6 Å². The van der Waals surface area contributed by atoms with Crippen molar-refractivity contribution in [2.24, 2.45) is 0 Å². The molecule has 0 saturated carbocycles. The van der Waals surface area contributed by atoms with Gasteiger partial charge in [0.25, 0.3) is 10.0 Å². The van der Waals surface area contributed by atoms with Crippen molar-refractivity contribution in [2.45, 2.75) is 50.6 Å². The van der Waals surface area contributed by atoms with Gasteiger partial charge in [-0.2, -0.15) is 0 Å². The number of nitrogens with zero attached hydrogens (tertiary/aromatic N) is 2. The molecule has 45 heavy (non-hydrogen) atoms. The molecule has 0 bridgehead atoms. The Bertz CT molecular complexity index is 1700. The van der Waals surface area contributed by atoms with Crippen LogP contribution < -0.4 is 9.62 Å². The topological polar surface area (TPSA) is 86.8 Å².